The van der Waals surface area contributed by atoms with Crippen LogP contribution >= 0.6 is 15.9 Å². The number of carbonyl (C=O) groups is 1. The van der Waals surface area contributed by atoms with Gasteiger partial charge in [-0.1, -0.05) is 15.9 Å². The second-order valence-corrected chi connectivity index (χ2v) is 7.96. The molecule has 0 bridgehead atoms. The van der Waals surface area contributed by atoms with Crippen molar-refractivity contribution in [2.24, 2.45) is 5.92 Å². The molecule has 0 aromatic heterocycles. The Bertz CT molecular complexity index is 712. The predicted molar refractivity (Wildman–Crippen MR) is 77.7 cm³/mol. The van der Waals surface area contributed by atoms with E-state index in [-0.39, 0.29) is 18.4 Å². The second-order valence-electron chi connectivity index (χ2n) is 5.11. The van der Waals surface area contributed by atoms with Crippen LogP contribution in [-0.2, 0) is 10.0 Å². The van der Waals surface area contributed by atoms with E-state index in [0.29, 0.717) is 8.78 Å². The highest BCUT2D eigenvalue weighted by atomic mass is 79.9. The van der Waals surface area contributed by atoms with Gasteiger partial charge >= 0.3 is 15.5 Å². The van der Waals surface area contributed by atoms with Crippen LogP contribution in [0.25, 0.3) is 0 Å². The first kappa shape index (κ1) is 18.3. The number of ketones is 1. The quantitative estimate of drug-likeness (QED) is 0.559. The highest BCUT2D eigenvalue weighted by molar-refractivity contribution is 9.10. The Morgan fingerprint density at radius 2 is 1.78 bits per heavy atom. The SMILES string of the molecule is O=C(c1cc(Br)ccc1F)C1CCN(S(=O)(=O)C(F)(F)F)CC1. The molecule has 1 heterocycles. The van der Waals surface area contributed by atoms with E-state index < -0.39 is 46.1 Å². The van der Waals surface area contributed by atoms with Crippen LogP contribution in [0.5, 0.6) is 0 Å². The van der Waals surface area contributed by atoms with E-state index in [4.69, 9.17) is 0 Å². The predicted octanol–water partition coefficient (Wildman–Crippen LogP) is 3.33. The van der Waals surface area contributed by atoms with E-state index in [0.717, 1.165) is 6.07 Å². The van der Waals surface area contributed by atoms with Gasteiger partial charge in [-0.05, 0) is 31.0 Å². The van der Waals surface area contributed by atoms with Crippen LogP contribution in [0.2, 0.25) is 0 Å². The number of alkyl halides is 3. The van der Waals surface area contributed by atoms with Gasteiger partial charge in [-0.15, -0.1) is 0 Å². The first-order valence-corrected chi connectivity index (χ1v) is 8.83. The third-order valence-electron chi connectivity index (χ3n) is 3.65. The molecule has 10 heteroatoms. The van der Waals surface area contributed by atoms with Crippen molar-refractivity contribution >= 4 is 31.7 Å². The summed E-state index contributed by atoms with van der Waals surface area (Å²) in [6.07, 6.45) is -0.166. The number of benzene rings is 1. The number of piperidine rings is 1. The van der Waals surface area contributed by atoms with E-state index in [1.54, 1.807) is 0 Å². The minimum absolute atomic E-state index is 0.0832. The molecule has 1 saturated heterocycles. The molecule has 4 nitrogen and oxygen atoms in total. The fraction of sp³-hybridized carbons (Fsp3) is 0.462. The third-order valence-corrected chi connectivity index (χ3v) is 5.77. The van der Waals surface area contributed by atoms with Crippen LogP contribution in [0.15, 0.2) is 22.7 Å². The molecule has 128 valence electrons. The molecule has 1 aliphatic heterocycles. The van der Waals surface area contributed by atoms with Crippen LogP contribution in [0.3, 0.4) is 0 Å². The van der Waals surface area contributed by atoms with E-state index in [9.17, 15) is 30.8 Å². The van der Waals surface area contributed by atoms with Crippen LogP contribution in [0, 0.1) is 11.7 Å². The molecule has 0 radical (unpaired) electrons. The van der Waals surface area contributed by atoms with Gasteiger partial charge in [-0.25, -0.2) is 12.8 Å². The Morgan fingerprint density at radius 3 is 2.30 bits per heavy atom. The number of nitrogens with zero attached hydrogens (tertiary/aromatic N) is 1. The van der Waals surface area contributed by atoms with Gasteiger partial charge in [0.25, 0.3) is 0 Å². The topological polar surface area (TPSA) is 54.5 Å². The largest absolute Gasteiger partial charge is 0.511 e. The zero-order valence-corrected chi connectivity index (χ0v) is 14.0. The van der Waals surface area contributed by atoms with E-state index >= 15 is 0 Å². The molecule has 1 aliphatic rings. The molecular weight excluding hydrogens is 406 g/mol. The Morgan fingerprint density at radius 1 is 1.22 bits per heavy atom. The van der Waals surface area contributed by atoms with Crippen molar-refractivity contribution in [3.05, 3.63) is 34.1 Å². The first-order valence-electron chi connectivity index (χ1n) is 6.59. The summed E-state index contributed by atoms with van der Waals surface area (Å²) in [6, 6.07) is 3.84. The van der Waals surface area contributed by atoms with E-state index in [1.807, 2.05) is 0 Å². The number of hydrogen-bond donors (Lipinski definition) is 0. The fourth-order valence-corrected chi connectivity index (χ4v) is 3.76. The van der Waals surface area contributed by atoms with E-state index in [2.05, 4.69) is 15.9 Å². The molecule has 2 rings (SSSR count). The number of sulfonamides is 1. The maximum absolute atomic E-state index is 13.7. The van der Waals surface area contributed by atoms with Crippen LogP contribution in [0.1, 0.15) is 23.2 Å². The average Bonchev–Trinajstić information content (AvgIpc) is 2.48. The minimum atomic E-state index is -5.39. The summed E-state index contributed by atoms with van der Waals surface area (Å²) in [4.78, 5) is 12.3. The summed E-state index contributed by atoms with van der Waals surface area (Å²) in [7, 11) is -5.39. The molecule has 1 aromatic carbocycles. The molecule has 0 saturated carbocycles. The van der Waals surface area contributed by atoms with Crippen molar-refractivity contribution in [3.8, 4) is 0 Å². The number of Topliss-reactive ketones (excluding diaryl/α,β-unsaturated/α-hetero) is 1. The van der Waals surface area contributed by atoms with E-state index in [1.165, 1.54) is 12.1 Å². The van der Waals surface area contributed by atoms with Gasteiger partial charge in [0, 0.05) is 23.5 Å². The lowest BCUT2D eigenvalue weighted by molar-refractivity contribution is -0.0495. The van der Waals surface area contributed by atoms with Gasteiger partial charge in [0.1, 0.15) is 5.82 Å². The van der Waals surface area contributed by atoms with Crippen molar-refractivity contribution < 1.29 is 30.8 Å². The summed E-state index contributed by atoms with van der Waals surface area (Å²) in [5.74, 6) is -1.96. The normalized spacial score (nSPS) is 18.1. The van der Waals surface area contributed by atoms with Crippen LogP contribution < -0.4 is 0 Å². The zero-order chi connectivity index (χ0) is 17.4. The highest BCUT2D eigenvalue weighted by Gasteiger charge is 2.50. The summed E-state index contributed by atoms with van der Waals surface area (Å²) in [5, 5.41) is 0. The number of rotatable bonds is 3. The second kappa shape index (κ2) is 6.48. The lowest BCUT2D eigenvalue weighted by atomic mass is 9.89. The van der Waals surface area contributed by atoms with Gasteiger partial charge in [-0.3, -0.25) is 4.79 Å². The monoisotopic (exact) mass is 417 g/mol. The van der Waals surface area contributed by atoms with Crippen molar-refractivity contribution in [3.63, 3.8) is 0 Å². The van der Waals surface area contributed by atoms with Crippen molar-refractivity contribution in [1.29, 1.82) is 0 Å². The maximum atomic E-state index is 13.7. The number of carbonyl (C=O) groups excluding carboxylic acids is 1. The smallest absolute Gasteiger partial charge is 0.294 e. The highest BCUT2D eigenvalue weighted by Crippen LogP contribution is 2.31. The molecule has 0 aliphatic carbocycles. The Balaban J connectivity index is 2.10. The molecule has 0 spiro atoms. The third kappa shape index (κ3) is 3.74. The fourth-order valence-electron chi connectivity index (χ4n) is 2.41. The summed E-state index contributed by atoms with van der Waals surface area (Å²) in [6.45, 7) is -0.845. The maximum Gasteiger partial charge on any atom is 0.511 e. The molecule has 0 amide bonds. The first-order chi connectivity index (χ1) is 10.5. The standard InChI is InChI=1S/C13H12BrF4NO3S/c14-9-1-2-11(15)10(7-9)12(20)8-3-5-19(6-4-8)23(21,22)13(16,17)18/h1-2,7-8H,3-6H2. The summed E-state index contributed by atoms with van der Waals surface area (Å²) < 4.78 is 74.6. The Kier molecular flexibility index (Phi) is 5.17. The van der Waals surface area contributed by atoms with Gasteiger partial charge < -0.3 is 0 Å². The van der Waals surface area contributed by atoms with Crippen LogP contribution in [-0.4, -0.2) is 37.1 Å². The number of halogens is 5. The van der Waals surface area contributed by atoms with Gasteiger partial charge in [-0.2, -0.15) is 17.5 Å². The van der Waals surface area contributed by atoms with Crippen molar-refractivity contribution in [1.82, 2.24) is 4.31 Å². The lowest BCUT2D eigenvalue weighted by Gasteiger charge is -2.30. The minimum Gasteiger partial charge on any atom is -0.294 e. The average molecular weight is 418 g/mol. The molecule has 0 unspecified atom stereocenters. The van der Waals surface area contributed by atoms with Gasteiger partial charge in [0.15, 0.2) is 5.78 Å². The van der Waals surface area contributed by atoms with Crippen LogP contribution in [0.4, 0.5) is 17.6 Å². The van der Waals surface area contributed by atoms with Gasteiger partial charge in [0.05, 0.1) is 5.56 Å². The molecule has 1 aromatic rings. The molecule has 0 N–H and O–H groups in total. The van der Waals surface area contributed by atoms with Crippen molar-refractivity contribution in [2.45, 2.75) is 18.3 Å². The zero-order valence-electron chi connectivity index (χ0n) is 11.6. The number of hydrogen-bond acceptors (Lipinski definition) is 3. The molecule has 0 atom stereocenters. The molecular formula is C13H12BrF4NO3S. The molecule has 1 fully saturated rings. The lowest BCUT2D eigenvalue weighted by Crippen LogP contribution is -2.45. The Hall–Kier alpha value is -1.00. The Labute approximate surface area is 138 Å². The summed E-state index contributed by atoms with van der Waals surface area (Å²) in [5.41, 5.74) is -5.52. The van der Waals surface area contributed by atoms with Crippen molar-refractivity contribution in [2.75, 3.05) is 13.1 Å². The molecule has 23 heavy (non-hydrogen) atoms. The van der Waals surface area contributed by atoms with Gasteiger partial charge in [0.2, 0.25) is 0 Å². The summed E-state index contributed by atoms with van der Waals surface area (Å²) >= 11 is 3.11.